The van der Waals surface area contributed by atoms with Gasteiger partial charge in [0.1, 0.15) is 17.8 Å². The van der Waals surface area contributed by atoms with E-state index in [1.165, 1.54) is 6.33 Å². The Morgan fingerprint density at radius 2 is 2.00 bits per heavy atom. The third-order valence-corrected chi connectivity index (χ3v) is 3.78. The number of piperazine rings is 1. The number of nitrogens with one attached hydrogen (secondary N) is 1. The zero-order valence-electron chi connectivity index (χ0n) is 13.0. The minimum atomic E-state index is -0.108. The van der Waals surface area contributed by atoms with Crippen molar-refractivity contribution in [3.63, 3.8) is 0 Å². The second-order valence-corrected chi connectivity index (χ2v) is 5.51. The molecule has 0 aromatic carbocycles. The number of aromatic nitrogens is 2. The van der Waals surface area contributed by atoms with Crippen molar-refractivity contribution in [2.75, 3.05) is 44.7 Å². The molecule has 0 unspecified atom stereocenters. The maximum Gasteiger partial charge on any atom is 0.270 e. The van der Waals surface area contributed by atoms with E-state index < -0.39 is 0 Å². The first-order valence-corrected chi connectivity index (χ1v) is 7.74. The first kappa shape index (κ1) is 15.7. The molecule has 1 amide bonds. The fourth-order valence-corrected chi connectivity index (χ4v) is 2.35. The molecule has 21 heavy (non-hydrogen) atoms. The number of nitrogens with zero attached hydrogens (tertiary/aromatic N) is 4. The number of likely N-dealkylation sites (N-methyl/N-ethyl adjacent to an activating group) is 1. The van der Waals surface area contributed by atoms with Crippen molar-refractivity contribution in [3.05, 3.63) is 18.1 Å². The number of amides is 1. The van der Waals surface area contributed by atoms with Gasteiger partial charge in [-0.1, -0.05) is 19.8 Å². The highest BCUT2D eigenvalue weighted by Crippen LogP contribution is 2.13. The third kappa shape index (κ3) is 4.67. The van der Waals surface area contributed by atoms with Gasteiger partial charge in [0.15, 0.2) is 0 Å². The van der Waals surface area contributed by atoms with Crippen LogP contribution >= 0.6 is 0 Å². The van der Waals surface area contributed by atoms with Gasteiger partial charge in [0.2, 0.25) is 0 Å². The maximum absolute atomic E-state index is 12.1. The summed E-state index contributed by atoms with van der Waals surface area (Å²) in [4.78, 5) is 24.9. The fraction of sp³-hybridized carbons (Fsp3) is 0.667. The van der Waals surface area contributed by atoms with Gasteiger partial charge in [-0.3, -0.25) is 4.79 Å². The summed E-state index contributed by atoms with van der Waals surface area (Å²) >= 11 is 0. The normalized spacial score (nSPS) is 16.0. The van der Waals surface area contributed by atoms with Gasteiger partial charge in [0.05, 0.1) is 0 Å². The molecule has 1 fully saturated rings. The van der Waals surface area contributed by atoms with E-state index in [1.807, 2.05) is 0 Å². The van der Waals surface area contributed by atoms with E-state index in [0.717, 1.165) is 51.3 Å². The van der Waals surface area contributed by atoms with Crippen LogP contribution in [0.15, 0.2) is 12.4 Å². The zero-order valence-corrected chi connectivity index (χ0v) is 13.0. The Labute approximate surface area is 126 Å². The van der Waals surface area contributed by atoms with Crippen LogP contribution in [0.5, 0.6) is 0 Å². The SMILES string of the molecule is CCCCCNC(=O)c1cc(N2CCN(C)CC2)ncn1. The number of hydrogen-bond acceptors (Lipinski definition) is 5. The lowest BCUT2D eigenvalue weighted by Gasteiger charge is -2.33. The van der Waals surface area contributed by atoms with Crippen molar-refractivity contribution in [2.24, 2.45) is 0 Å². The molecule has 0 bridgehead atoms. The first-order valence-electron chi connectivity index (χ1n) is 7.74. The van der Waals surface area contributed by atoms with Crippen molar-refractivity contribution in [2.45, 2.75) is 26.2 Å². The van der Waals surface area contributed by atoms with Crippen LogP contribution in [0.3, 0.4) is 0 Å². The highest BCUT2D eigenvalue weighted by molar-refractivity contribution is 5.92. The smallest absolute Gasteiger partial charge is 0.270 e. The number of carbonyl (C=O) groups excluding carboxylic acids is 1. The van der Waals surface area contributed by atoms with Crippen LogP contribution in [0.25, 0.3) is 0 Å². The molecule has 1 saturated heterocycles. The molecule has 6 nitrogen and oxygen atoms in total. The van der Waals surface area contributed by atoms with Crippen LogP contribution in [-0.2, 0) is 0 Å². The topological polar surface area (TPSA) is 61.4 Å². The second-order valence-electron chi connectivity index (χ2n) is 5.51. The number of anilines is 1. The van der Waals surface area contributed by atoms with Crippen LogP contribution in [0.2, 0.25) is 0 Å². The molecule has 0 aliphatic carbocycles. The van der Waals surface area contributed by atoms with Gasteiger partial charge in [0.25, 0.3) is 5.91 Å². The molecule has 1 aromatic heterocycles. The van der Waals surface area contributed by atoms with Crippen molar-refractivity contribution in [3.8, 4) is 0 Å². The molecular formula is C15H25N5O. The van der Waals surface area contributed by atoms with E-state index in [4.69, 9.17) is 0 Å². The molecule has 1 aliphatic rings. The Kier molecular flexibility index (Phi) is 5.92. The van der Waals surface area contributed by atoms with Crippen molar-refractivity contribution >= 4 is 11.7 Å². The lowest BCUT2D eigenvalue weighted by Crippen LogP contribution is -2.45. The van der Waals surface area contributed by atoms with E-state index in [1.54, 1.807) is 6.07 Å². The van der Waals surface area contributed by atoms with Gasteiger partial charge >= 0.3 is 0 Å². The molecule has 1 N–H and O–H groups in total. The molecule has 2 rings (SSSR count). The summed E-state index contributed by atoms with van der Waals surface area (Å²) in [6, 6.07) is 1.79. The molecule has 0 saturated carbocycles. The Balaban J connectivity index is 1.92. The van der Waals surface area contributed by atoms with E-state index in [-0.39, 0.29) is 5.91 Å². The maximum atomic E-state index is 12.1. The average Bonchev–Trinajstić information content (AvgIpc) is 2.52. The summed E-state index contributed by atoms with van der Waals surface area (Å²) in [6.07, 6.45) is 4.78. The molecule has 0 atom stereocenters. The molecule has 0 radical (unpaired) electrons. The van der Waals surface area contributed by atoms with Gasteiger partial charge in [-0.05, 0) is 13.5 Å². The van der Waals surface area contributed by atoms with E-state index in [2.05, 4.69) is 39.1 Å². The van der Waals surface area contributed by atoms with Crippen molar-refractivity contribution in [1.82, 2.24) is 20.2 Å². The third-order valence-electron chi connectivity index (χ3n) is 3.78. The summed E-state index contributed by atoms with van der Waals surface area (Å²) in [6.45, 7) is 6.76. The predicted octanol–water partition coefficient (Wildman–Crippen LogP) is 1.15. The Hall–Kier alpha value is -1.69. The largest absolute Gasteiger partial charge is 0.354 e. The van der Waals surface area contributed by atoms with Crippen LogP contribution in [0, 0.1) is 0 Å². The lowest BCUT2D eigenvalue weighted by atomic mass is 10.2. The number of hydrogen-bond donors (Lipinski definition) is 1. The minimum absolute atomic E-state index is 0.108. The highest BCUT2D eigenvalue weighted by atomic mass is 16.1. The van der Waals surface area contributed by atoms with Crippen LogP contribution in [0.4, 0.5) is 5.82 Å². The lowest BCUT2D eigenvalue weighted by molar-refractivity contribution is 0.0948. The molecule has 116 valence electrons. The van der Waals surface area contributed by atoms with E-state index in [0.29, 0.717) is 12.2 Å². The number of unbranched alkanes of at least 4 members (excludes halogenated alkanes) is 2. The van der Waals surface area contributed by atoms with Crippen LogP contribution in [-0.4, -0.2) is 60.5 Å². The molecular weight excluding hydrogens is 266 g/mol. The standard InChI is InChI=1S/C15H25N5O/c1-3-4-5-6-16-15(21)13-11-14(18-12-17-13)20-9-7-19(2)8-10-20/h11-12H,3-10H2,1-2H3,(H,16,21). The predicted molar refractivity (Wildman–Crippen MR) is 83.6 cm³/mol. The van der Waals surface area contributed by atoms with Crippen molar-refractivity contribution in [1.29, 1.82) is 0 Å². The van der Waals surface area contributed by atoms with Gasteiger partial charge in [0, 0.05) is 38.8 Å². The first-order chi connectivity index (χ1) is 10.2. The van der Waals surface area contributed by atoms with E-state index in [9.17, 15) is 4.79 Å². The average molecular weight is 291 g/mol. The Morgan fingerprint density at radius 3 is 2.71 bits per heavy atom. The molecule has 1 aromatic rings. The van der Waals surface area contributed by atoms with Gasteiger partial charge in [-0.15, -0.1) is 0 Å². The van der Waals surface area contributed by atoms with Gasteiger partial charge < -0.3 is 15.1 Å². The second kappa shape index (κ2) is 7.93. The summed E-state index contributed by atoms with van der Waals surface area (Å²) in [5, 5.41) is 2.91. The Bertz CT molecular complexity index is 457. The van der Waals surface area contributed by atoms with Crippen LogP contribution < -0.4 is 10.2 Å². The summed E-state index contributed by atoms with van der Waals surface area (Å²) in [5.41, 5.74) is 0.454. The quantitative estimate of drug-likeness (QED) is 0.797. The fourth-order valence-electron chi connectivity index (χ4n) is 2.35. The number of rotatable bonds is 6. The van der Waals surface area contributed by atoms with Gasteiger partial charge in [-0.25, -0.2) is 9.97 Å². The number of carbonyl (C=O) groups is 1. The summed E-state index contributed by atoms with van der Waals surface area (Å²) in [5.74, 6) is 0.737. The summed E-state index contributed by atoms with van der Waals surface area (Å²) in [7, 11) is 2.12. The molecule has 1 aliphatic heterocycles. The Morgan fingerprint density at radius 1 is 1.24 bits per heavy atom. The zero-order chi connectivity index (χ0) is 15.1. The van der Waals surface area contributed by atoms with Crippen LogP contribution in [0.1, 0.15) is 36.7 Å². The van der Waals surface area contributed by atoms with Gasteiger partial charge in [-0.2, -0.15) is 0 Å². The molecule has 0 spiro atoms. The molecule has 2 heterocycles. The van der Waals surface area contributed by atoms with E-state index >= 15 is 0 Å². The minimum Gasteiger partial charge on any atom is -0.354 e. The monoisotopic (exact) mass is 291 g/mol. The highest BCUT2D eigenvalue weighted by Gasteiger charge is 2.17. The van der Waals surface area contributed by atoms with Crippen molar-refractivity contribution < 1.29 is 4.79 Å². The molecule has 6 heteroatoms. The summed E-state index contributed by atoms with van der Waals surface area (Å²) < 4.78 is 0.